The maximum atomic E-state index is 11.5. The van der Waals surface area contributed by atoms with Gasteiger partial charge in [0.2, 0.25) is 5.91 Å². The first-order valence-electron chi connectivity index (χ1n) is 5.45. The highest BCUT2D eigenvalue weighted by atomic mass is 16.1. The maximum absolute atomic E-state index is 11.5. The summed E-state index contributed by atoms with van der Waals surface area (Å²) in [6, 6.07) is 0.423. The molecule has 3 heteroatoms. The molecule has 14 heavy (non-hydrogen) atoms. The highest BCUT2D eigenvalue weighted by Crippen LogP contribution is 2.27. The van der Waals surface area contributed by atoms with Crippen LogP contribution in [0.3, 0.4) is 0 Å². The number of carbonyl (C=O) groups is 1. The van der Waals surface area contributed by atoms with Crippen LogP contribution in [0.1, 0.15) is 26.7 Å². The number of rotatable bonds is 4. The Morgan fingerprint density at radius 3 is 2.43 bits per heavy atom. The molecule has 1 rings (SSSR count). The van der Waals surface area contributed by atoms with E-state index in [0.29, 0.717) is 12.0 Å². The van der Waals surface area contributed by atoms with Crippen LogP contribution in [0.5, 0.6) is 0 Å². The number of amides is 1. The highest BCUT2D eigenvalue weighted by Gasteiger charge is 2.32. The Bertz CT molecular complexity index is 201. The van der Waals surface area contributed by atoms with Gasteiger partial charge in [0.05, 0.1) is 0 Å². The van der Waals surface area contributed by atoms with Crippen LogP contribution in [-0.4, -0.2) is 37.5 Å². The molecule has 82 valence electrons. The van der Waals surface area contributed by atoms with Gasteiger partial charge in [-0.2, -0.15) is 0 Å². The van der Waals surface area contributed by atoms with Crippen molar-refractivity contribution in [3.63, 3.8) is 0 Å². The molecular weight excluding hydrogens is 176 g/mol. The van der Waals surface area contributed by atoms with E-state index in [1.54, 1.807) is 0 Å². The summed E-state index contributed by atoms with van der Waals surface area (Å²) in [5.41, 5.74) is 0. The van der Waals surface area contributed by atoms with E-state index in [-0.39, 0.29) is 11.8 Å². The monoisotopic (exact) mass is 198 g/mol. The van der Waals surface area contributed by atoms with Gasteiger partial charge < -0.3 is 10.2 Å². The third kappa shape index (κ3) is 2.98. The lowest BCUT2D eigenvalue weighted by Gasteiger charge is -2.39. The second-order valence-corrected chi connectivity index (χ2v) is 4.87. The first-order valence-corrected chi connectivity index (χ1v) is 5.45. The van der Waals surface area contributed by atoms with E-state index < -0.39 is 0 Å². The van der Waals surface area contributed by atoms with Gasteiger partial charge in [-0.15, -0.1) is 0 Å². The summed E-state index contributed by atoms with van der Waals surface area (Å²) in [7, 11) is 4.17. The lowest BCUT2D eigenvalue weighted by Crippen LogP contribution is -2.51. The molecule has 0 bridgehead atoms. The van der Waals surface area contributed by atoms with Crippen molar-refractivity contribution in [2.75, 3.05) is 20.6 Å². The van der Waals surface area contributed by atoms with Crippen LogP contribution in [0, 0.1) is 11.8 Å². The average molecular weight is 198 g/mol. The van der Waals surface area contributed by atoms with Crippen molar-refractivity contribution >= 4 is 5.91 Å². The molecule has 1 saturated carbocycles. The van der Waals surface area contributed by atoms with Gasteiger partial charge in [0, 0.05) is 18.5 Å². The van der Waals surface area contributed by atoms with Crippen LogP contribution >= 0.6 is 0 Å². The van der Waals surface area contributed by atoms with Gasteiger partial charge in [0.25, 0.3) is 0 Å². The predicted octanol–water partition coefficient (Wildman–Crippen LogP) is 1.10. The molecule has 1 fully saturated rings. The number of hydrogen-bond donors (Lipinski definition) is 1. The number of hydrogen-bond acceptors (Lipinski definition) is 2. The molecular formula is C11H22N2O. The first kappa shape index (κ1) is 11.5. The summed E-state index contributed by atoms with van der Waals surface area (Å²) >= 11 is 0. The fraction of sp³-hybridized carbons (Fsp3) is 0.909. The topological polar surface area (TPSA) is 32.3 Å². The van der Waals surface area contributed by atoms with E-state index in [1.165, 1.54) is 6.42 Å². The molecule has 1 aliphatic rings. The number of nitrogens with zero attached hydrogens (tertiary/aromatic N) is 1. The van der Waals surface area contributed by atoms with Crippen LogP contribution < -0.4 is 5.32 Å². The molecule has 1 amide bonds. The Kier molecular flexibility index (Phi) is 3.93. The molecule has 0 aromatic carbocycles. The van der Waals surface area contributed by atoms with Crippen LogP contribution in [0.4, 0.5) is 0 Å². The molecule has 0 aromatic heterocycles. The van der Waals surface area contributed by atoms with E-state index in [9.17, 15) is 4.79 Å². The quantitative estimate of drug-likeness (QED) is 0.733. The maximum Gasteiger partial charge on any atom is 0.222 e. The zero-order valence-corrected chi connectivity index (χ0v) is 9.71. The second kappa shape index (κ2) is 4.78. The molecule has 0 spiro atoms. The minimum atomic E-state index is 0.107. The van der Waals surface area contributed by atoms with E-state index >= 15 is 0 Å². The standard InChI is InChI=1S/C11H22N2O/c1-8(2)11(14)12-10-6-5-9(10)7-13(3)4/h8-10H,5-7H2,1-4H3,(H,12,14). The highest BCUT2D eigenvalue weighted by molar-refractivity contribution is 5.78. The van der Waals surface area contributed by atoms with Gasteiger partial charge in [-0.1, -0.05) is 13.8 Å². The van der Waals surface area contributed by atoms with Crippen molar-refractivity contribution in [3.05, 3.63) is 0 Å². The lowest BCUT2D eigenvalue weighted by molar-refractivity contribution is -0.126. The second-order valence-electron chi connectivity index (χ2n) is 4.87. The summed E-state index contributed by atoms with van der Waals surface area (Å²) < 4.78 is 0. The van der Waals surface area contributed by atoms with E-state index in [2.05, 4.69) is 24.3 Å². The molecule has 0 radical (unpaired) electrons. The van der Waals surface area contributed by atoms with Gasteiger partial charge in [0.15, 0.2) is 0 Å². The van der Waals surface area contributed by atoms with Crippen LogP contribution in [0.15, 0.2) is 0 Å². The van der Waals surface area contributed by atoms with Crippen molar-refractivity contribution in [3.8, 4) is 0 Å². The molecule has 0 aliphatic heterocycles. The van der Waals surface area contributed by atoms with Gasteiger partial charge in [-0.05, 0) is 32.9 Å². The van der Waals surface area contributed by atoms with Gasteiger partial charge >= 0.3 is 0 Å². The van der Waals surface area contributed by atoms with E-state index in [1.807, 2.05) is 13.8 Å². The van der Waals surface area contributed by atoms with Gasteiger partial charge in [0.1, 0.15) is 0 Å². The zero-order chi connectivity index (χ0) is 10.7. The summed E-state index contributed by atoms with van der Waals surface area (Å²) in [6.07, 6.45) is 2.40. The summed E-state index contributed by atoms with van der Waals surface area (Å²) in [5.74, 6) is 0.960. The normalized spacial score (nSPS) is 26.4. The van der Waals surface area contributed by atoms with Crippen molar-refractivity contribution in [2.45, 2.75) is 32.7 Å². The largest absolute Gasteiger partial charge is 0.353 e. The predicted molar refractivity (Wildman–Crippen MR) is 58.0 cm³/mol. The Morgan fingerprint density at radius 2 is 2.07 bits per heavy atom. The average Bonchev–Trinajstić information content (AvgIpc) is 2.07. The molecule has 1 N–H and O–H groups in total. The Balaban J connectivity index is 2.29. The number of nitrogens with one attached hydrogen (secondary N) is 1. The molecule has 0 heterocycles. The van der Waals surface area contributed by atoms with Crippen molar-refractivity contribution in [2.24, 2.45) is 11.8 Å². The molecule has 1 aliphatic carbocycles. The lowest BCUT2D eigenvalue weighted by atomic mass is 9.79. The summed E-state index contributed by atoms with van der Waals surface area (Å²) in [5, 5.41) is 3.11. The Hall–Kier alpha value is -0.570. The zero-order valence-electron chi connectivity index (χ0n) is 9.71. The van der Waals surface area contributed by atoms with Gasteiger partial charge in [-0.3, -0.25) is 4.79 Å². The Labute approximate surface area is 86.9 Å². The summed E-state index contributed by atoms with van der Waals surface area (Å²) in [4.78, 5) is 13.6. The minimum absolute atomic E-state index is 0.107. The molecule has 2 atom stereocenters. The molecule has 2 unspecified atom stereocenters. The third-order valence-corrected chi connectivity index (χ3v) is 2.87. The van der Waals surface area contributed by atoms with Crippen molar-refractivity contribution in [1.82, 2.24) is 10.2 Å². The van der Waals surface area contributed by atoms with Gasteiger partial charge in [-0.25, -0.2) is 0 Å². The minimum Gasteiger partial charge on any atom is -0.353 e. The Morgan fingerprint density at radius 1 is 1.43 bits per heavy atom. The first-order chi connectivity index (χ1) is 6.50. The van der Waals surface area contributed by atoms with Crippen molar-refractivity contribution in [1.29, 1.82) is 0 Å². The third-order valence-electron chi connectivity index (χ3n) is 2.87. The number of carbonyl (C=O) groups excluding carboxylic acids is 1. The van der Waals surface area contributed by atoms with E-state index in [4.69, 9.17) is 0 Å². The molecule has 0 aromatic rings. The van der Waals surface area contributed by atoms with E-state index in [0.717, 1.165) is 13.0 Å². The van der Waals surface area contributed by atoms with Crippen molar-refractivity contribution < 1.29 is 4.79 Å². The fourth-order valence-electron chi connectivity index (χ4n) is 1.80. The summed E-state index contributed by atoms with van der Waals surface area (Å²) in [6.45, 7) is 4.97. The van der Waals surface area contributed by atoms with Crippen LogP contribution in [0.2, 0.25) is 0 Å². The van der Waals surface area contributed by atoms with Crippen LogP contribution in [0.25, 0.3) is 0 Å². The fourth-order valence-corrected chi connectivity index (χ4v) is 1.80. The molecule has 3 nitrogen and oxygen atoms in total. The van der Waals surface area contributed by atoms with Crippen LogP contribution in [-0.2, 0) is 4.79 Å². The smallest absolute Gasteiger partial charge is 0.222 e. The molecule has 0 saturated heterocycles. The SMILES string of the molecule is CC(C)C(=O)NC1CCC1CN(C)C.